The first-order chi connectivity index (χ1) is 13.0. The predicted molar refractivity (Wildman–Crippen MR) is 110 cm³/mol. The average Bonchev–Trinajstić information content (AvgIpc) is 2.64. The van der Waals surface area contributed by atoms with E-state index in [4.69, 9.17) is 5.73 Å². The maximum atomic E-state index is 12.7. The van der Waals surface area contributed by atoms with Crippen LogP contribution in [0.2, 0.25) is 0 Å². The Labute approximate surface area is 168 Å². The summed E-state index contributed by atoms with van der Waals surface area (Å²) in [5.41, 5.74) is 6.61. The molecule has 0 atom stereocenters. The van der Waals surface area contributed by atoms with E-state index in [1.807, 2.05) is 24.3 Å². The van der Waals surface area contributed by atoms with Crippen LogP contribution in [0.5, 0.6) is 0 Å². The molecule has 4 N–H and O–H groups in total. The van der Waals surface area contributed by atoms with Gasteiger partial charge in [0.2, 0.25) is 0 Å². The number of hydrogen-bond acceptors (Lipinski definition) is 4. The Kier molecular flexibility index (Phi) is 6.10. The molecule has 0 fully saturated rings. The summed E-state index contributed by atoms with van der Waals surface area (Å²) in [6.45, 7) is 0. The van der Waals surface area contributed by atoms with Gasteiger partial charge in [-0.25, -0.2) is 9.78 Å². The molecule has 2 aromatic carbocycles. The van der Waals surface area contributed by atoms with Crippen LogP contribution in [0.25, 0.3) is 0 Å². The minimum absolute atomic E-state index is 0.293. The van der Waals surface area contributed by atoms with Crippen LogP contribution in [0.4, 0.5) is 16.2 Å². The van der Waals surface area contributed by atoms with Gasteiger partial charge < -0.3 is 16.4 Å². The molecule has 27 heavy (non-hydrogen) atoms. The maximum absolute atomic E-state index is 12.7. The number of carbonyl (C=O) groups excluding carboxylic acids is 2. The SMILES string of the molecule is NC(=O)Nc1cccc(NC(=O)c2cccnc2Sc2ccc(Br)cc2)c1. The zero-order valence-electron chi connectivity index (χ0n) is 14.0. The van der Waals surface area contributed by atoms with Gasteiger partial charge in [-0.2, -0.15) is 0 Å². The van der Waals surface area contributed by atoms with Crippen molar-refractivity contribution >= 4 is 51.0 Å². The van der Waals surface area contributed by atoms with Crippen LogP contribution in [0, 0.1) is 0 Å². The van der Waals surface area contributed by atoms with Crippen molar-refractivity contribution in [3.63, 3.8) is 0 Å². The van der Waals surface area contributed by atoms with Crippen molar-refractivity contribution in [2.45, 2.75) is 9.92 Å². The van der Waals surface area contributed by atoms with Crippen LogP contribution in [0.1, 0.15) is 10.4 Å². The number of anilines is 2. The van der Waals surface area contributed by atoms with Gasteiger partial charge in [0.15, 0.2) is 0 Å². The highest BCUT2D eigenvalue weighted by Crippen LogP contribution is 2.30. The van der Waals surface area contributed by atoms with Crippen molar-refractivity contribution in [2.24, 2.45) is 5.73 Å². The number of benzene rings is 2. The Hall–Kier alpha value is -2.84. The largest absolute Gasteiger partial charge is 0.351 e. The van der Waals surface area contributed by atoms with Gasteiger partial charge >= 0.3 is 6.03 Å². The Morgan fingerprint density at radius 2 is 1.67 bits per heavy atom. The molecule has 1 aromatic heterocycles. The lowest BCUT2D eigenvalue weighted by Gasteiger charge is -2.10. The molecule has 0 saturated heterocycles. The zero-order chi connectivity index (χ0) is 19.2. The highest BCUT2D eigenvalue weighted by Gasteiger charge is 2.14. The molecule has 1 heterocycles. The van der Waals surface area contributed by atoms with Crippen LogP contribution >= 0.6 is 27.7 Å². The van der Waals surface area contributed by atoms with E-state index in [9.17, 15) is 9.59 Å². The highest BCUT2D eigenvalue weighted by atomic mass is 79.9. The number of primary amides is 1. The third kappa shape index (κ3) is 5.32. The first kappa shape index (κ1) is 18.9. The summed E-state index contributed by atoms with van der Waals surface area (Å²) in [5.74, 6) is -0.293. The number of halogens is 1. The van der Waals surface area contributed by atoms with Crippen LogP contribution in [0.15, 0.2) is 81.3 Å². The van der Waals surface area contributed by atoms with Gasteiger partial charge in [-0.3, -0.25) is 4.79 Å². The molecule has 0 radical (unpaired) electrons. The van der Waals surface area contributed by atoms with E-state index in [2.05, 4.69) is 31.5 Å². The lowest BCUT2D eigenvalue weighted by Crippen LogP contribution is -2.19. The number of urea groups is 1. The van der Waals surface area contributed by atoms with Crippen LogP contribution in [-0.4, -0.2) is 16.9 Å². The van der Waals surface area contributed by atoms with Gasteiger partial charge in [0.1, 0.15) is 5.03 Å². The molecule has 8 heteroatoms. The number of nitrogens with one attached hydrogen (secondary N) is 2. The van der Waals surface area contributed by atoms with Crippen LogP contribution < -0.4 is 16.4 Å². The number of aromatic nitrogens is 1. The molecule has 136 valence electrons. The third-order valence-electron chi connectivity index (χ3n) is 3.43. The Morgan fingerprint density at radius 1 is 0.963 bits per heavy atom. The predicted octanol–water partition coefficient (Wildman–Crippen LogP) is 4.74. The summed E-state index contributed by atoms with van der Waals surface area (Å²) >= 11 is 4.81. The van der Waals surface area contributed by atoms with Crippen molar-refractivity contribution < 1.29 is 9.59 Å². The van der Waals surface area contributed by atoms with Crippen LogP contribution in [-0.2, 0) is 0 Å². The normalized spacial score (nSPS) is 10.3. The number of carbonyl (C=O) groups is 2. The van der Waals surface area contributed by atoms with Crippen molar-refractivity contribution in [2.75, 3.05) is 10.6 Å². The van der Waals surface area contributed by atoms with Gasteiger partial charge in [0.25, 0.3) is 5.91 Å². The number of amides is 3. The molecule has 0 bridgehead atoms. The molecular weight excluding hydrogens is 428 g/mol. The van der Waals surface area contributed by atoms with Crippen molar-refractivity contribution in [1.29, 1.82) is 0 Å². The Bertz CT molecular complexity index is 979. The summed E-state index contributed by atoms with van der Waals surface area (Å²) in [6.07, 6.45) is 1.65. The molecule has 3 amide bonds. The number of hydrogen-bond donors (Lipinski definition) is 3. The second-order valence-electron chi connectivity index (χ2n) is 5.44. The van der Waals surface area contributed by atoms with E-state index >= 15 is 0 Å². The van der Waals surface area contributed by atoms with Gasteiger partial charge in [0, 0.05) is 26.9 Å². The second-order valence-corrected chi connectivity index (χ2v) is 7.41. The van der Waals surface area contributed by atoms with E-state index < -0.39 is 6.03 Å². The van der Waals surface area contributed by atoms with E-state index in [1.54, 1.807) is 42.6 Å². The summed E-state index contributed by atoms with van der Waals surface area (Å²) in [4.78, 5) is 29.0. The summed E-state index contributed by atoms with van der Waals surface area (Å²) in [7, 11) is 0. The molecule has 3 aromatic rings. The minimum Gasteiger partial charge on any atom is -0.351 e. The van der Waals surface area contributed by atoms with Gasteiger partial charge in [0.05, 0.1) is 5.56 Å². The molecule has 6 nitrogen and oxygen atoms in total. The molecule has 0 aliphatic heterocycles. The molecule has 0 saturated carbocycles. The van der Waals surface area contributed by atoms with Crippen LogP contribution in [0.3, 0.4) is 0 Å². The molecule has 0 spiro atoms. The molecule has 3 rings (SSSR count). The lowest BCUT2D eigenvalue weighted by atomic mass is 10.2. The number of pyridine rings is 1. The van der Waals surface area contributed by atoms with Crippen molar-refractivity contribution in [3.8, 4) is 0 Å². The third-order valence-corrected chi connectivity index (χ3v) is 4.99. The minimum atomic E-state index is -0.668. The molecule has 0 unspecified atom stereocenters. The van der Waals surface area contributed by atoms with Crippen molar-refractivity contribution in [3.05, 3.63) is 76.9 Å². The highest BCUT2D eigenvalue weighted by molar-refractivity contribution is 9.10. The van der Waals surface area contributed by atoms with E-state index in [-0.39, 0.29) is 5.91 Å². The fraction of sp³-hybridized carbons (Fsp3) is 0. The maximum Gasteiger partial charge on any atom is 0.316 e. The fourth-order valence-electron chi connectivity index (χ4n) is 2.27. The standard InChI is InChI=1S/C19H15BrN4O2S/c20-12-6-8-15(9-7-12)27-18-16(5-2-10-22-18)17(25)23-13-3-1-4-14(11-13)24-19(21)26/h1-11H,(H,23,25)(H3,21,24,26). The molecule has 0 aliphatic carbocycles. The van der Waals surface area contributed by atoms with Gasteiger partial charge in [-0.05, 0) is 54.6 Å². The summed E-state index contributed by atoms with van der Waals surface area (Å²) in [6, 6.07) is 17.3. The summed E-state index contributed by atoms with van der Waals surface area (Å²) in [5, 5.41) is 5.89. The van der Waals surface area contributed by atoms with E-state index in [1.165, 1.54) is 11.8 Å². The van der Waals surface area contributed by atoms with Gasteiger partial charge in [-0.1, -0.05) is 33.8 Å². The number of rotatable bonds is 5. The monoisotopic (exact) mass is 442 g/mol. The topological polar surface area (TPSA) is 97.1 Å². The first-order valence-electron chi connectivity index (χ1n) is 7.87. The molecule has 0 aliphatic rings. The average molecular weight is 443 g/mol. The smallest absolute Gasteiger partial charge is 0.316 e. The van der Waals surface area contributed by atoms with Crippen molar-refractivity contribution in [1.82, 2.24) is 4.98 Å². The lowest BCUT2D eigenvalue weighted by molar-refractivity contribution is 0.102. The fourth-order valence-corrected chi connectivity index (χ4v) is 3.42. The quantitative estimate of drug-likeness (QED) is 0.531. The first-order valence-corrected chi connectivity index (χ1v) is 9.48. The van der Waals surface area contributed by atoms with Gasteiger partial charge in [-0.15, -0.1) is 0 Å². The van der Waals surface area contributed by atoms with E-state index in [0.717, 1.165) is 9.37 Å². The Morgan fingerprint density at radius 3 is 2.37 bits per heavy atom. The zero-order valence-corrected chi connectivity index (χ0v) is 16.4. The Balaban J connectivity index is 1.79. The van der Waals surface area contributed by atoms with E-state index in [0.29, 0.717) is 22.0 Å². The summed E-state index contributed by atoms with van der Waals surface area (Å²) < 4.78 is 0.982. The molecular formula is C19H15BrN4O2S. The number of nitrogens with two attached hydrogens (primary N) is 1. The second kappa shape index (κ2) is 8.70. The number of nitrogens with zero attached hydrogens (tertiary/aromatic N) is 1.